The lowest BCUT2D eigenvalue weighted by molar-refractivity contribution is -0.172. The summed E-state index contributed by atoms with van der Waals surface area (Å²) in [7, 11) is 0. The van der Waals surface area contributed by atoms with Crippen molar-refractivity contribution in [3.05, 3.63) is 65.1 Å². The summed E-state index contributed by atoms with van der Waals surface area (Å²) in [6.07, 6.45) is 7.00. The molecule has 3 heterocycles. The van der Waals surface area contributed by atoms with Crippen molar-refractivity contribution >= 4 is 11.8 Å². The number of hydrogen-bond acceptors (Lipinski definition) is 6. The first-order chi connectivity index (χ1) is 19.5. The predicted octanol–water partition coefficient (Wildman–Crippen LogP) is 6.15. The van der Waals surface area contributed by atoms with E-state index >= 15 is 0 Å². The van der Waals surface area contributed by atoms with E-state index in [1.54, 1.807) is 0 Å². The smallest absolute Gasteiger partial charge is 0.405 e. The second-order valence-corrected chi connectivity index (χ2v) is 13.5. The Morgan fingerprint density at radius 3 is 2.56 bits per heavy atom. The van der Waals surface area contributed by atoms with E-state index in [0.717, 1.165) is 80.8 Å². The molecule has 2 bridgehead atoms. The SMILES string of the molecule is Cc1nn(CC23CCC(OC(N)=O)(CC2)C(C(C)(C)C)C3)c2c1CN(c1ccnc(-c3ccc(C#N)cc3)c1)CC2. The fourth-order valence-corrected chi connectivity index (χ4v) is 7.89. The molecule has 1 amide bonds. The number of anilines is 1. The topological polar surface area (TPSA) is 110 Å². The molecule has 214 valence electrons. The van der Waals surface area contributed by atoms with Gasteiger partial charge in [0, 0.05) is 60.7 Å². The molecule has 3 aliphatic carbocycles. The molecule has 1 unspecified atom stereocenters. The van der Waals surface area contributed by atoms with Crippen molar-refractivity contribution in [2.45, 2.75) is 84.9 Å². The second kappa shape index (κ2) is 9.90. The number of hydrogen-bond donors (Lipinski definition) is 1. The van der Waals surface area contributed by atoms with Crippen molar-refractivity contribution in [1.82, 2.24) is 14.8 Å². The lowest BCUT2D eigenvalue weighted by atomic mass is 9.49. The van der Waals surface area contributed by atoms with Gasteiger partial charge in [-0.2, -0.15) is 10.4 Å². The number of aromatic nitrogens is 3. The summed E-state index contributed by atoms with van der Waals surface area (Å²) in [5.41, 5.74) is 12.8. The molecule has 3 fully saturated rings. The van der Waals surface area contributed by atoms with Gasteiger partial charge in [-0.15, -0.1) is 0 Å². The van der Waals surface area contributed by atoms with Gasteiger partial charge >= 0.3 is 6.09 Å². The highest BCUT2D eigenvalue weighted by Gasteiger charge is 2.59. The third kappa shape index (κ3) is 4.96. The fraction of sp³-hybridized carbons (Fsp3) is 0.515. The summed E-state index contributed by atoms with van der Waals surface area (Å²) in [6.45, 7) is 11.6. The summed E-state index contributed by atoms with van der Waals surface area (Å²) in [5, 5.41) is 14.2. The van der Waals surface area contributed by atoms with Crippen LogP contribution in [0.5, 0.6) is 0 Å². The predicted molar refractivity (Wildman–Crippen MR) is 158 cm³/mol. The number of fused-ring (bicyclic) bond motifs is 4. The molecule has 1 atom stereocenters. The van der Waals surface area contributed by atoms with E-state index in [1.807, 2.05) is 30.5 Å². The Morgan fingerprint density at radius 1 is 1.17 bits per heavy atom. The first kappa shape index (κ1) is 27.3. The van der Waals surface area contributed by atoms with Gasteiger partial charge in [0.05, 0.1) is 23.0 Å². The molecule has 8 nitrogen and oxygen atoms in total. The minimum atomic E-state index is -0.645. The molecule has 3 saturated carbocycles. The van der Waals surface area contributed by atoms with Crippen LogP contribution in [0.3, 0.4) is 0 Å². The monoisotopic (exact) mass is 552 g/mol. The van der Waals surface area contributed by atoms with Crippen LogP contribution in [0.1, 0.15) is 75.4 Å². The van der Waals surface area contributed by atoms with Crippen molar-refractivity contribution in [2.75, 3.05) is 11.4 Å². The largest absolute Gasteiger partial charge is 0.443 e. The minimum absolute atomic E-state index is 0.0165. The van der Waals surface area contributed by atoms with Crippen molar-refractivity contribution < 1.29 is 9.53 Å². The fourth-order valence-electron chi connectivity index (χ4n) is 7.89. The number of benzene rings is 1. The highest BCUT2D eigenvalue weighted by molar-refractivity contribution is 5.66. The van der Waals surface area contributed by atoms with Crippen LogP contribution >= 0.6 is 0 Å². The molecule has 4 aliphatic rings. The van der Waals surface area contributed by atoms with Crippen LogP contribution in [0.2, 0.25) is 0 Å². The van der Waals surface area contributed by atoms with Crippen molar-refractivity contribution in [3.63, 3.8) is 0 Å². The average Bonchev–Trinajstić information content (AvgIpc) is 3.26. The summed E-state index contributed by atoms with van der Waals surface area (Å²) < 4.78 is 8.20. The molecular formula is C33H40N6O2. The van der Waals surface area contributed by atoms with E-state index in [1.165, 1.54) is 11.3 Å². The van der Waals surface area contributed by atoms with E-state index in [0.29, 0.717) is 5.56 Å². The van der Waals surface area contributed by atoms with E-state index in [4.69, 9.17) is 20.8 Å². The third-order valence-corrected chi connectivity index (χ3v) is 10.0. The van der Waals surface area contributed by atoms with E-state index in [2.05, 4.69) is 60.5 Å². The number of pyridine rings is 1. The Kier molecular flexibility index (Phi) is 6.60. The van der Waals surface area contributed by atoms with Crippen LogP contribution in [0, 0.1) is 35.0 Å². The van der Waals surface area contributed by atoms with E-state index in [-0.39, 0.29) is 16.7 Å². The standard InChI is InChI=1S/C33H40N6O2/c1-22-26-20-38(25-9-15-36-27(17-25)24-7-5-23(19-34)6-8-24)16-10-28(26)39(37-22)21-32-11-13-33(14-12-32,41-30(35)40)29(18-32)31(2,3)4/h5-9,15,17,29H,10-14,16,18,20-21H2,1-4H3,(H2,35,40). The Labute approximate surface area is 242 Å². The van der Waals surface area contributed by atoms with Crippen LogP contribution in [0.4, 0.5) is 10.5 Å². The average molecular weight is 553 g/mol. The van der Waals surface area contributed by atoms with Gasteiger partial charge in [-0.25, -0.2) is 4.79 Å². The van der Waals surface area contributed by atoms with Crippen LogP contribution in [-0.4, -0.2) is 33.0 Å². The molecule has 7 rings (SSSR count). The van der Waals surface area contributed by atoms with Gasteiger partial charge in [0.2, 0.25) is 0 Å². The van der Waals surface area contributed by atoms with Gasteiger partial charge in [0.25, 0.3) is 0 Å². The number of primary amides is 1. The quantitative estimate of drug-likeness (QED) is 0.407. The molecular weight excluding hydrogens is 512 g/mol. The third-order valence-electron chi connectivity index (χ3n) is 10.0. The van der Waals surface area contributed by atoms with Crippen LogP contribution < -0.4 is 10.6 Å². The number of amides is 1. The Morgan fingerprint density at radius 2 is 1.90 bits per heavy atom. The molecule has 1 aromatic carbocycles. The molecule has 0 spiro atoms. The highest BCUT2D eigenvalue weighted by Crippen LogP contribution is 2.61. The number of nitrogens with two attached hydrogens (primary N) is 1. The van der Waals surface area contributed by atoms with Crippen molar-refractivity contribution in [3.8, 4) is 17.3 Å². The summed E-state index contributed by atoms with van der Waals surface area (Å²) in [6, 6.07) is 14.0. The Balaban J connectivity index is 1.22. The zero-order valence-corrected chi connectivity index (χ0v) is 24.6. The van der Waals surface area contributed by atoms with E-state index < -0.39 is 11.7 Å². The molecule has 3 aromatic rings. The Bertz CT molecular complexity index is 1500. The summed E-state index contributed by atoms with van der Waals surface area (Å²) >= 11 is 0. The van der Waals surface area contributed by atoms with Gasteiger partial charge < -0.3 is 15.4 Å². The van der Waals surface area contributed by atoms with Crippen LogP contribution in [0.25, 0.3) is 11.3 Å². The van der Waals surface area contributed by atoms with Crippen molar-refractivity contribution in [1.29, 1.82) is 5.26 Å². The maximum absolute atomic E-state index is 11.9. The number of rotatable bonds is 5. The van der Waals surface area contributed by atoms with E-state index in [9.17, 15) is 4.79 Å². The number of ether oxygens (including phenoxy) is 1. The number of carbonyl (C=O) groups is 1. The lowest BCUT2D eigenvalue weighted by Gasteiger charge is -2.60. The molecule has 2 N–H and O–H groups in total. The number of aryl methyl sites for hydroxylation is 1. The van der Waals surface area contributed by atoms with Gasteiger partial charge in [0.15, 0.2) is 0 Å². The number of nitrogens with zero attached hydrogens (tertiary/aromatic N) is 5. The first-order valence-corrected chi connectivity index (χ1v) is 14.8. The zero-order chi connectivity index (χ0) is 29.0. The number of carbonyl (C=O) groups excluding carboxylic acids is 1. The molecule has 8 heteroatoms. The summed E-state index contributed by atoms with van der Waals surface area (Å²) in [5.74, 6) is 0.268. The van der Waals surface area contributed by atoms with Crippen LogP contribution in [-0.2, 0) is 24.2 Å². The Hall–Kier alpha value is -3.86. The first-order valence-electron chi connectivity index (χ1n) is 14.8. The number of nitriles is 1. The lowest BCUT2D eigenvalue weighted by Crippen LogP contribution is -2.59. The van der Waals surface area contributed by atoms with Gasteiger partial charge in [-0.05, 0) is 74.1 Å². The van der Waals surface area contributed by atoms with Gasteiger partial charge in [-0.3, -0.25) is 9.67 Å². The highest BCUT2D eigenvalue weighted by atomic mass is 16.6. The maximum atomic E-state index is 11.9. The van der Waals surface area contributed by atoms with Crippen molar-refractivity contribution in [2.24, 2.45) is 22.5 Å². The van der Waals surface area contributed by atoms with Crippen LogP contribution in [0.15, 0.2) is 42.6 Å². The summed E-state index contributed by atoms with van der Waals surface area (Å²) in [4.78, 5) is 18.9. The molecule has 1 aliphatic heterocycles. The zero-order valence-electron chi connectivity index (χ0n) is 24.6. The minimum Gasteiger partial charge on any atom is -0.443 e. The normalized spacial score (nSPS) is 25.4. The van der Waals surface area contributed by atoms with Gasteiger partial charge in [-0.1, -0.05) is 32.9 Å². The second-order valence-electron chi connectivity index (χ2n) is 13.5. The molecule has 0 saturated heterocycles. The van der Waals surface area contributed by atoms with Gasteiger partial charge in [0.1, 0.15) is 5.60 Å². The molecule has 2 aromatic heterocycles. The maximum Gasteiger partial charge on any atom is 0.405 e. The molecule has 41 heavy (non-hydrogen) atoms. The molecule has 0 radical (unpaired) electrons.